The summed E-state index contributed by atoms with van der Waals surface area (Å²) in [6.07, 6.45) is 0. The Bertz CT molecular complexity index is 936. The Kier molecular flexibility index (Phi) is 5.94. The largest absolute Gasteiger partial charge is 0.483 e. The number of nitrogens with zero attached hydrogens (tertiary/aromatic N) is 2. The zero-order chi connectivity index (χ0) is 19.1. The molecule has 3 aromatic carbocycles. The van der Waals surface area contributed by atoms with Crippen LogP contribution in [0.25, 0.3) is 0 Å². The summed E-state index contributed by atoms with van der Waals surface area (Å²) in [5.74, 6) is 0.511. The van der Waals surface area contributed by atoms with Gasteiger partial charge in [-0.3, -0.25) is 4.79 Å². The average molecular weight is 359 g/mol. The van der Waals surface area contributed by atoms with Gasteiger partial charge in [0.2, 0.25) is 0 Å². The lowest BCUT2D eigenvalue weighted by atomic mass is 10.1. The zero-order valence-electron chi connectivity index (χ0n) is 15.3. The molecule has 5 nitrogen and oxygen atoms in total. The second-order valence-electron chi connectivity index (χ2n) is 6.19. The minimum atomic E-state index is -0.213. The van der Waals surface area contributed by atoms with Crippen LogP contribution in [0.4, 0.5) is 17.1 Å². The topological polar surface area (TPSA) is 63.0 Å². The Morgan fingerprint density at radius 2 is 1.56 bits per heavy atom. The van der Waals surface area contributed by atoms with Crippen LogP contribution in [0.5, 0.6) is 5.75 Å². The van der Waals surface area contributed by atoms with E-state index >= 15 is 0 Å². The van der Waals surface area contributed by atoms with E-state index in [9.17, 15) is 4.79 Å². The highest BCUT2D eigenvalue weighted by molar-refractivity contribution is 5.92. The molecule has 0 saturated heterocycles. The van der Waals surface area contributed by atoms with E-state index in [2.05, 4.69) is 15.5 Å². The fourth-order valence-corrected chi connectivity index (χ4v) is 2.42. The van der Waals surface area contributed by atoms with E-state index in [0.717, 1.165) is 22.6 Å². The number of carbonyl (C=O) groups is 1. The lowest BCUT2D eigenvalue weighted by Crippen LogP contribution is -2.20. The van der Waals surface area contributed by atoms with Crippen molar-refractivity contribution < 1.29 is 9.53 Å². The number of ether oxygens (including phenoxy) is 1. The summed E-state index contributed by atoms with van der Waals surface area (Å²) in [4.78, 5) is 12.1. The molecule has 0 aliphatic rings. The highest BCUT2D eigenvalue weighted by Crippen LogP contribution is 2.21. The van der Waals surface area contributed by atoms with E-state index in [-0.39, 0.29) is 12.5 Å². The highest BCUT2D eigenvalue weighted by Gasteiger charge is 2.06. The molecular formula is C22H21N3O2. The summed E-state index contributed by atoms with van der Waals surface area (Å²) >= 11 is 0. The summed E-state index contributed by atoms with van der Waals surface area (Å²) in [5, 5.41) is 11.2. The lowest BCUT2D eigenvalue weighted by molar-refractivity contribution is -0.118. The van der Waals surface area contributed by atoms with Gasteiger partial charge >= 0.3 is 0 Å². The van der Waals surface area contributed by atoms with Crippen LogP contribution in [-0.2, 0) is 4.79 Å². The van der Waals surface area contributed by atoms with Gasteiger partial charge in [-0.25, -0.2) is 0 Å². The first-order valence-corrected chi connectivity index (χ1v) is 8.67. The number of azo groups is 1. The summed E-state index contributed by atoms with van der Waals surface area (Å²) in [6, 6.07) is 22.6. The molecule has 0 atom stereocenters. The van der Waals surface area contributed by atoms with Gasteiger partial charge in [0, 0.05) is 5.69 Å². The molecular weight excluding hydrogens is 338 g/mol. The third-order valence-electron chi connectivity index (χ3n) is 3.89. The molecule has 0 spiro atoms. The molecule has 0 aliphatic heterocycles. The van der Waals surface area contributed by atoms with E-state index in [1.165, 1.54) is 0 Å². The Hall–Kier alpha value is -3.47. The first kappa shape index (κ1) is 18.3. The van der Waals surface area contributed by atoms with Gasteiger partial charge in [0.1, 0.15) is 5.75 Å². The molecule has 0 aliphatic carbocycles. The molecule has 1 amide bonds. The second-order valence-corrected chi connectivity index (χ2v) is 6.19. The van der Waals surface area contributed by atoms with Crippen molar-refractivity contribution in [3.05, 3.63) is 83.9 Å². The molecule has 0 unspecified atom stereocenters. The van der Waals surface area contributed by atoms with E-state index in [4.69, 9.17) is 4.74 Å². The van der Waals surface area contributed by atoms with Gasteiger partial charge in [-0.05, 0) is 67.4 Å². The van der Waals surface area contributed by atoms with Gasteiger partial charge in [-0.1, -0.05) is 30.3 Å². The van der Waals surface area contributed by atoms with Crippen LogP contribution in [0.1, 0.15) is 11.1 Å². The molecule has 0 radical (unpaired) electrons. The van der Waals surface area contributed by atoms with Crippen molar-refractivity contribution in [2.75, 3.05) is 11.9 Å². The Morgan fingerprint density at radius 3 is 2.26 bits per heavy atom. The number of anilines is 1. The fourth-order valence-electron chi connectivity index (χ4n) is 2.42. The van der Waals surface area contributed by atoms with Crippen molar-refractivity contribution in [1.82, 2.24) is 0 Å². The number of nitrogens with one attached hydrogen (secondary N) is 1. The molecule has 0 heterocycles. The number of hydrogen-bond donors (Lipinski definition) is 1. The third-order valence-corrected chi connectivity index (χ3v) is 3.89. The molecule has 3 aromatic rings. The van der Waals surface area contributed by atoms with Crippen molar-refractivity contribution in [2.45, 2.75) is 13.8 Å². The van der Waals surface area contributed by atoms with Crippen molar-refractivity contribution >= 4 is 23.0 Å². The van der Waals surface area contributed by atoms with Gasteiger partial charge in [-0.15, -0.1) is 0 Å². The van der Waals surface area contributed by atoms with Gasteiger partial charge in [0.15, 0.2) is 6.61 Å². The quantitative estimate of drug-likeness (QED) is 0.571. The van der Waals surface area contributed by atoms with E-state index < -0.39 is 0 Å². The summed E-state index contributed by atoms with van der Waals surface area (Å²) in [5.41, 5.74) is 4.28. The Morgan fingerprint density at radius 1 is 0.889 bits per heavy atom. The van der Waals surface area contributed by atoms with Crippen molar-refractivity contribution in [1.29, 1.82) is 0 Å². The Labute approximate surface area is 158 Å². The molecule has 0 fully saturated rings. The van der Waals surface area contributed by atoms with Crippen molar-refractivity contribution in [3.8, 4) is 5.75 Å². The lowest BCUT2D eigenvalue weighted by Gasteiger charge is -2.10. The van der Waals surface area contributed by atoms with Crippen LogP contribution in [0.2, 0.25) is 0 Å². The number of amides is 1. The normalized spacial score (nSPS) is 10.7. The molecule has 3 rings (SSSR count). The van der Waals surface area contributed by atoms with Crippen LogP contribution in [0, 0.1) is 13.8 Å². The predicted octanol–water partition coefficient (Wildman–Crippen LogP) is 5.74. The van der Waals surface area contributed by atoms with Crippen molar-refractivity contribution in [2.24, 2.45) is 10.2 Å². The van der Waals surface area contributed by atoms with E-state index in [0.29, 0.717) is 11.4 Å². The molecule has 27 heavy (non-hydrogen) atoms. The van der Waals surface area contributed by atoms with Crippen LogP contribution >= 0.6 is 0 Å². The molecule has 1 N–H and O–H groups in total. The van der Waals surface area contributed by atoms with Gasteiger partial charge in [0.25, 0.3) is 5.91 Å². The number of carbonyl (C=O) groups excluding carboxylic acids is 1. The summed E-state index contributed by atoms with van der Waals surface area (Å²) < 4.78 is 5.62. The summed E-state index contributed by atoms with van der Waals surface area (Å²) in [6.45, 7) is 3.90. The van der Waals surface area contributed by atoms with Gasteiger partial charge in [-0.2, -0.15) is 10.2 Å². The molecule has 0 bridgehead atoms. The number of rotatable bonds is 6. The number of aryl methyl sites for hydroxylation is 2. The first-order chi connectivity index (χ1) is 13.1. The molecule has 0 saturated carbocycles. The minimum Gasteiger partial charge on any atom is -0.483 e. The highest BCUT2D eigenvalue weighted by atomic mass is 16.5. The number of hydrogen-bond acceptors (Lipinski definition) is 4. The van der Waals surface area contributed by atoms with Crippen molar-refractivity contribution in [3.63, 3.8) is 0 Å². The minimum absolute atomic E-state index is 0.0419. The Balaban J connectivity index is 1.54. The van der Waals surface area contributed by atoms with Gasteiger partial charge in [0.05, 0.1) is 11.4 Å². The van der Waals surface area contributed by atoms with E-state index in [1.54, 1.807) is 24.3 Å². The van der Waals surface area contributed by atoms with Gasteiger partial charge < -0.3 is 10.1 Å². The zero-order valence-corrected chi connectivity index (χ0v) is 15.3. The van der Waals surface area contributed by atoms with E-state index in [1.807, 2.05) is 62.4 Å². The smallest absolute Gasteiger partial charge is 0.262 e. The fraction of sp³-hybridized carbons (Fsp3) is 0.136. The monoisotopic (exact) mass is 359 g/mol. The SMILES string of the molecule is Cc1ccc(C)c(OCC(=O)Nc2ccc(N=Nc3ccccc3)cc2)c1. The number of benzene rings is 3. The van der Waals surface area contributed by atoms with Crippen LogP contribution in [-0.4, -0.2) is 12.5 Å². The molecule has 0 aromatic heterocycles. The van der Waals surface area contributed by atoms with Crippen LogP contribution < -0.4 is 10.1 Å². The molecule has 5 heteroatoms. The standard InChI is InChI=1S/C22H21N3O2/c1-16-8-9-17(2)21(14-16)27-15-22(26)23-18-10-12-20(13-11-18)25-24-19-6-4-3-5-7-19/h3-14H,15H2,1-2H3,(H,23,26). The van der Waals surface area contributed by atoms with Crippen LogP contribution in [0.15, 0.2) is 83.0 Å². The maximum Gasteiger partial charge on any atom is 0.262 e. The van der Waals surface area contributed by atoms with Crippen LogP contribution in [0.3, 0.4) is 0 Å². The predicted molar refractivity (Wildman–Crippen MR) is 107 cm³/mol. The summed E-state index contributed by atoms with van der Waals surface area (Å²) in [7, 11) is 0. The third kappa shape index (κ3) is 5.51. The maximum atomic E-state index is 12.1. The maximum absolute atomic E-state index is 12.1. The average Bonchev–Trinajstić information content (AvgIpc) is 2.69. The molecule has 136 valence electrons. The first-order valence-electron chi connectivity index (χ1n) is 8.67. The second kappa shape index (κ2) is 8.76.